The molecule has 1 unspecified atom stereocenters. The second-order valence-electron chi connectivity index (χ2n) is 4.78. The van der Waals surface area contributed by atoms with E-state index in [0.29, 0.717) is 17.7 Å². The number of hydrogen-bond acceptors (Lipinski definition) is 5. The van der Waals surface area contributed by atoms with Crippen LogP contribution < -0.4 is 4.72 Å². The van der Waals surface area contributed by atoms with Crippen LogP contribution in [0.15, 0.2) is 16.3 Å². The summed E-state index contributed by atoms with van der Waals surface area (Å²) in [5.74, 6) is -0.998. The molecule has 1 atom stereocenters. The highest BCUT2D eigenvalue weighted by atomic mass is 32.2. The first-order valence-electron chi connectivity index (χ1n) is 6.18. The molecule has 0 aromatic carbocycles. The molecule has 1 aromatic rings. The van der Waals surface area contributed by atoms with Crippen molar-refractivity contribution in [3.05, 3.63) is 17.0 Å². The number of hydrogen-bond donors (Lipinski definition) is 3. The maximum Gasteiger partial charge on any atom is 0.308 e. The smallest absolute Gasteiger partial charge is 0.308 e. The van der Waals surface area contributed by atoms with Gasteiger partial charge in [-0.1, -0.05) is 6.92 Å². The van der Waals surface area contributed by atoms with Crippen LogP contribution in [0.4, 0.5) is 0 Å². The topological polar surface area (TPSA) is 104 Å². The van der Waals surface area contributed by atoms with Crippen LogP contribution in [0.25, 0.3) is 0 Å². The van der Waals surface area contributed by atoms with Crippen LogP contribution in [0.1, 0.15) is 31.6 Å². The molecular formula is C12H19NO5S2. The Bertz CT molecular complexity index is 566. The average molecular weight is 321 g/mol. The van der Waals surface area contributed by atoms with Crippen LogP contribution in [0.5, 0.6) is 0 Å². The molecule has 0 spiro atoms. The predicted molar refractivity (Wildman–Crippen MR) is 76.4 cm³/mol. The summed E-state index contributed by atoms with van der Waals surface area (Å²) in [5.41, 5.74) is -0.718. The number of thiophene rings is 1. The molecule has 0 bridgehead atoms. The van der Waals surface area contributed by atoms with Crippen LogP contribution >= 0.6 is 11.3 Å². The number of aliphatic hydroxyl groups is 1. The van der Waals surface area contributed by atoms with Crippen molar-refractivity contribution in [2.45, 2.75) is 42.9 Å². The summed E-state index contributed by atoms with van der Waals surface area (Å²) in [4.78, 5) is 11.1. The summed E-state index contributed by atoms with van der Waals surface area (Å²) in [6, 6.07) is 2.91. The van der Waals surface area contributed by atoms with Gasteiger partial charge in [0.15, 0.2) is 0 Å². The minimum Gasteiger partial charge on any atom is -0.481 e. The number of rotatable bonds is 8. The van der Waals surface area contributed by atoms with Crippen molar-refractivity contribution in [2.75, 3.05) is 6.61 Å². The Morgan fingerprint density at radius 2 is 2.10 bits per heavy atom. The molecule has 8 heteroatoms. The molecule has 0 aliphatic heterocycles. The van der Waals surface area contributed by atoms with Crippen molar-refractivity contribution in [3.63, 3.8) is 0 Å². The standard InChI is InChI=1S/C12H19NO5S2/c1-3-12(2,6-7-14)13-20(17,18)11-5-4-9(19-11)8-10(15)16/h4-5,13-14H,3,6-8H2,1-2H3,(H,15,16). The van der Waals surface area contributed by atoms with Crippen molar-refractivity contribution >= 4 is 27.3 Å². The number of sulfonamides is 1. The zero-order valence-corrected chi connectivity index (χ0v) is 13.1. The third-order valence-corrected chi connectivity index (χ3v) is 6.27. The van der Waals surface area contributed by atoms with Crippen LogP contribution in [-0.4, -0.2) is 36.7 Å². The lowest BCUT2D eigenvalue weighted by molar-refractivity contribution is -0.136. The van der Waals surface area contributed by atoms with E-state index in [9.17, 15) is 13.2 Å². The van der Waals surface area contributed by atoms with Gasteiger partial charge in [-0.05, 0) is 31.9 Å². The number of carboxylic acids is 1. The van der Waals surface area contributed by atoms with E-state index in [1.165, 1.54) is 12.1 Å². The van der Waals surface area contributed by atoms with Crippen LogP contribution in [0, 0.1) is 0 Å². The number of aliphatic hydroxyl groups excluding tert-OH is 1. The first kappa shape index (κ1) is 17.1. The Morgan fingerprint density at radius 3 is 2.60 bits per heavy atom. The van der Waals surface area contributed by atoms with Crippen molar-refractivity contribution in [2.24, 2.45) is 0 Å². The minimum atomic E-state index is -3.70. The zero-order valence-electron chi connectivity index (χ0n) is 11.4. The van der Waals surface area contributed by atoms with E-state index in [1.807, 2.05) is 6.92 Å². The van der Waals surface area contributed by atoms with E-state index in [-0.39, 0.29) is 17.2 Å². The number of carboxylic acid groups (broad SMARTS) is 1. The molecule has 20 heavy (non-hydrogen) atoms. The summed E-state index contributed by atoms with van der Waals surface area (Å²) in [6.45, 7) is 3.45. The zero-order chi connectivity index (χ0) is 15.4. The van der Waals surface area contributed by atoms with Gasteiger partial charge in [0.1, 0.15) is 4.21 Å². The average Bonchev–Trinajstić information content (AvgIpc) is 2.77. The second kappa shape index (κ2) is 6.66. The molecule has 0 saturated carbocycles. The van der Waals surface area contributed by atoms with Crippen molar-refractivity contribution in [1.82, 2.24) is 4.72 Å². The van der Waals surface area contributed by atoms with E-state index < -0.39 is 21.5 Å². The Morgan fingerprint density at radius 1 is 1.45 bits per heavy atom. The summed E-state index contributed by atoms with van der Waals surface area (Å²) < 4.78 is 27.2. The van der Waals surface area contributed by atoms with Crippen LogP contribution in [-0.2, 0) is 21.2 Å². The van der Waals surface area contributed by atoms with Crippen molar-refractivity contribution in [3.8, 4) is 0 Å². The molecule has 3 N–H and O–H groups in total. The highest BCUT2D eigenvalue weighted by molar-refractivity contribution is 7.91. The van der Waals surface area contributed by atoms with Gasteiger partial charge in [0.05, 0.1) is 6.42 Å². The summed E-state index contributed by atoms with van der Waals surface area (Å²) in [5, 5.41) is 17.7. The quantitative estimate of drug-likeness (QED) is 0.667. The third kappa shape index (κ3) is 4.55. The molecule has 0 amide bonds. The first-order valence-corrected chi connectivity index (χ1v) is 8.48. The van der Waals surface area contributed by atoms with E-state index >= 15 is 0 Å². The van der Waals surface area contributed by atoms with Gasteiger partial charge in [-0.3, -0.25) is 4.79 Å². The molecule has 1 heterocycles. The largest absolute Gasteiger partial charge is 0.481 e. The monoisotopic (exact) mass is 321 g/mol. The lowest BCUT2D eigenvalue weighted by Gasteiger charge is -2.28. The Hall–Kier alpha value is -0.960. The van der Waals surface area contributed by atoms with Crippen molar-refractivity contribution in [1.29, 1.82) is 0 Å². The molecule has 0 aliphatic rings. The molecule has 0 radical (unpaired) electrons. The fourth-order valence-corrected chi connectivity index (χ4v) is 4.52. The molecule has 114 valence electrons. The van der Waals surface area contributed by atoms with Gasteiger partial charge in [0.25, 0.3) is 10.0 Å². The van der Waals surface area contributed by atoms with Gasteiger partial charge in [0.2, 0.25) is 0 Å². The predicted octanol–water partition coefficient (Wildman–Crippen LogP) is 1.20. The number of nitrogens with one attached hydrogen (secondary N) is 1. The second-order valence-corrected chi connectivity index (χ2v) is 7.86. The molecule has 0 aliphatic carbocycles. The molecule has 1 aromatic heterocycles. The fraction of sp³-hybridized carbons (Fsp3) is 0.583. The molecule has 6 nitrogen and oxygen atoms in total. The number of aliphatic carboxylic acids is 1. The SMILES string of the molecule is CCC(C)(CCO)NS(=O)(=O)c1ccc(CC(=O)O)s1. The Balaban J connectivity index is 2.93. The van der Waals surface area contributed by atoms with Crippen LogP contribution in [0.3, 0.4) is 0 Å². The summed E-state index contributed by atoms with van der Waals surface area (Å²) in [7, 11) is -3.70. The Kier molecular flexibility index (Phi) is 5.69. The molecule has 0 fully saturated rings. The number of carbonyl (C=O) groups is 1. The first-order chi connectivity index (χ1) is 9.22. The highest BCUT2D eigenvalue weighted by Gasteiger charge is 2.29. The van der Waals surface area contributed by atoms with E-state index in [1.54, 1.807) is 6.92 Å². The maximum atomic E-state index is 12.3. The third-order valence-electron chi connectivity index (χ3n) is 3.05. The lowest BCUT2D eigenvalue weighted by Crippen LogP contribution is -2.45. The van der Waals surface area contributed by atoms with Crippen molar-refractivity contribution < 1.29 is 23.4 Å². The molecular weight excluding hydrogens is 302 g/mol. The summed E-state index contributed by atoms with van der Waals surface area (Å²) >= 11 is 0.944. The van der Waals surface area contributed by atoms with Crippen LogP contribution in [0.2, 0.25) is 0 Å². The minimum absolute atomic E-state index is 0.0892. The van der Waals surface area contributed by atoms with Gasteiger partial charge in [-0.25, -0.2) is 13.1 Å². The van der Waals surface area contributed by atoms with E-state index in [0.717, 1.165) is 11.3 Å². The molecule has 0 saturated heterocycles. The maximum absolute atomic E-state index is 12.3. The Labute approximate surface area is 122 Å². The van der Waals surface area contributed by atoms with Gasteiger partial charge < -0.3 is 10.2 Å². The summed E-state index contributed by atoms with van der Waals surface area (Å²) in [6.07, 6.45) is 0.665. The van der Waals surface area contributed by atoms with Gasteiger partial charge >= 0.3 is 5.97 Å². The lowest BCUT2D eigenvalue weighted by atomic mass is 9.97. The fourth-order valence-electron chi connectivity index (χ4n) is 1.67. The van der Waals surface area contributed by atoms with E-state index in [2.05, 4.69) is 4.72 Å². The highest BCUT2D eigenvalue weighted by Crippen LogP contribution is 2.25. The van der Waals surface area contributed by atoms with Gasteiger partial charge in [-0.2, -0.15) is 0 Å². The normalized spacial score (nSPS) is 14.9. The van der Waals surface area contributed by atoms with Gasteiger partial charge in [-0.15, -0.1) is 11.3 Å². The molecule has 1 rings (SSSR count). The van der Waals surface area contributed by atoms with Gasteiger partial charge in [0, 0.05) is 17.0 Å². The van der Waals surface area contributed by atoms with E-state index in [4.69, 9.17) is 10.2 Å².